The number of sulfonamides is 1. The van der Waals surface area contributed by atoms with Gasteiger partial charge in [0.2, 0.25) is 27.6 Å². The van der Waals surface area contributed by atoms with Crippen LogP contribution in [0.25, 0.3) is 0 Å². The van der Waals surface area contributed by atoms with Crippen LogP contribution in [0.3, 0.4) is 0 Å². The third-order valence-corrected chi connectivity index (χ3v) is 4.52. The van der Waals surface area contributed by atoms with E-state index in [2.05, 4.69) is 0 Å². The van der Waals surface area contributed by atoms with Crippen LogP contribution >= 0.6 is 0 Å². The largest absolute Gasteiger partial charge is 0.475 e. The van der Waals surface area contributed by atoms with E-state index in [-0.39, 0.29) is 10.7 Å². The summed E-state index contributed by atoms with van der Waals surface area (Å²) in [5.41, 5.74) is 0. The lowest BCUT2D eigenvalue weighted by Gasteiger charge is -2.24. The highest BCUT2D eigenvalue weighted by Crippen LogP contribution is 2.24. The van der Waals surface area contributed by atoms with Crippen LogP contribution in [0.5, 0.6) is 0 Å². The minimum absolute atomic E-state index is 0.124. The van der Waals surface area contributed by atoms with E-state index in [1.54, 1.807) is 0 Å². The first-order chi connectivity index (χ1) is 9.21. The van der Waals surface area contributed by atoms with Gasteiger partial charge in [0, 0.05) is 6.07 Å². The first-order valence-electron chi connectivity index (χ1n) is 5.38. The molecule has 0 bridgehead atoms. The number of rotatable bonds is 3. The lowest BCUT2D eigenvalue weighted by molar-refractivity contribution is -0.134. The van der Waals surface area contributed by atoms with Gasteiger partial charge in [-0.3, -0.25) is 14.9 Å². The molecule has 0 saturated carbocycles. The number of nitrogens with zero attached hydrogens (tertiary/aromatic N) is 1. The molecular formula is C10H10N2O7S. The molecule has 0 atom stereocenters. The topological polar surface area (TPSA) is 134 Å². The average molecular weight is 302 g/mol. The molecule has 2 rings (SSSR count). The van der Waals surface area contributed by atoms with Gasteiger partial charge in [0.05, 0.1) is 13.1 Å². The SMILES string of the molecule is Cc1oc(C(=O)O)cc1S(=O)(=O)N1CC(=O)NC(=O)C1. The Balaban J connectivity index is 2.42. The first kappa shape index (κ1) is 14.2. The molecule has 0 unspecified atom stereocenters. The van der Waals surface area contributed by atoms with E-state index in [1.165, 1.54) is 6.92 Å². The minimum Gasteiger partial charge on any atom is -0.475 e. The molecule has 1 aliphatic heterocycles. The fraction of sp³-hybridized carbons (Fsp3) is 0.300. The number of hydrogen-bond acceptors (Lipinski definition) is 6. The molecule has 0 aromatic carbocycles. The third-order valence-electron chi connectivity index (χ3n) is 2.62. The van der Waals surface area contributed by atoms with Crippen LogP contribution < -0.4 is 5.32 Å². The van der Waals surface area contributed by atoms with Crippen LogP contribution in [-0.4, -0.2) is 48.7 Å². The van der Waals surface area contributed by atoms with E-state index >= 15 is 0 Å². The fourth-order valence-electron chi connectivity index (χ4n) is 1.75. The Labute approximate surface area is 113 Å². The molecule has 2 amide bonds. The van der Waals surface area contributed by atoms with E-state index in [0.29, 0.717) is 4.31 Å². The highest BCUT2D eigenvalue weighted by Gasteiger charge is 2.35. The number of imide groups is 1. The van der Waals surface area contributed by atoms with E-state index in [4.69, 9.17) is 9.52 Å². The van der Waals surface area contributed by atoms with Gasteiger partial charge in [0.25, 0.3) is 0 Å². The Morgan fingerprint density at radius 3 is 2.35 bits per heavy atom. The van der Waals surface area contributed by atoms with E-state index in [0.717, 1.165) is 6.07 Å². The molecule has 10 heteroatoms. The van der Waals surface area contributed by atoms with E-state index in [1.807, 2.05) is 5.32 Å². The zero-order valence-corrected chi connectivity index (χ0v) is 11.1. The first-order valence-corrected chi connectivity index (χ1v) is 6.82. The van der Waals surface area contributed by atoms with Crippen molar-refractivity contribution in [2.24, 2.45) is 0 Å². The number of aromatic carboxylic acids is 1. The molecule has 1 saturated heterocycles. The van der Waals surface area contributed by atoms with Gasteiger partial charge in [-0.25, -0.2) is 13.2 Å². The Morgan fingerprint density at radius 2 is 1.90 bits per heavy atom. The Bertz CT molecular complexity index is 687. The van der Waals surface area contributed by atoms with Crippen LogP contribution in [0.15, 0.2) is 15.4 Å². The molecule has 0 aliphatic carbocycles. The molecule has 108 valence electrons. The summed E-state index contributed by atoms with van der Waals surface area (Å²) < 4.78 is 30.0. The van der Waals surface area contributed by atoms with Crippen LogP contribution in [0.1, 0.15) is 16.3 Å². The average Bonchev–Trinajstić information content (AvgIpc) is 2.71. The van der Waals surface area contributed by atoms with Gasteiger partial charge in [0.15, 0.2) is 0 Å². The molecule has 1 aliphatic rings. The number of hydrogen-bond donors (Lipinski definition) is 2. The maximum absolute atomic E-state index is 12.3. The summed E-state index contributed by atoms with van der Waals surface area (Å²) >= 11 is 0. The zero-order chi connectivity index (χ0) is 15.1. The second-order valence-corrected chi connectivity index (χ2v) is 5.99. The molecule has 20 heavy (non-hydrogen) atoms. The monoisotopic (exact) mass is 302 g/mol. The normalized spacial score (nSPS) is 17.1. The lowest BCUT2D eigenvalue weighted by Crippen LogP contribution is -2.53. The minimum atomic E-state index is -4.18. The van der Waals surface area contributed by atoms with Crippen molar-refractivity contribution in [3.8, 4) is 0 Å². The molecule has 1 aromatic rings. The summed E-state index contributed by atoms with van der Waals surface area (Å²) in [6, 6.07) is 0.851. The highest BCUT2D eigenvalue weighted by atomic mass is 32.2. The summed E-state index contributed by atoms with van der Waals surface area (Å²) in [6.07, 6.45) is 0. The summed E-state index contributed by atoms with van der Waals surface area (Å²) in [7, 11) is -4.18. The number of aryl methyl sites for hydroxylation is 1. The number of carbonyl (C=O) groups is 3. The van der Waals surface area contributed by atoms with Crippen molar-refractivity contribution in [3.63, 3.8) is 0 Å². The molecule has 1 fully saturated rings. The van der Waals surface area contributed by atoms with Crippen molar-refractivity contribution < 1.29 is 32.3 Å². The number of piperazine rings is 1. The number of carboxylic acid groups (broad SMARTS) is 1. The molecular weight excluding hydrogens is 292 g/mol. The second-order valence-electron chi connectivity index (χ2n) is 4.08. The smallest absolute Gasteiger partial charge is 0.371 e. The summed E-state index contributed by atoms with van der Waals surface area (Å²) in [5, 5.41) is 10.7. The van der Waals surface area contributed by atoms with Crippen molar-refractivity contribution in [2.75, 3.05) is 13.1 Å². The van der Waals surface area contributed by atoms with Crippen molar-refractivity contribution >= 4 is 27.8 Å². The number of nitrogens with one attached hydrogen (secondary N) is 1. The molecule has 9 nitrogen and oxygen atoms in total. The van der Waals surface area contributed by atoms with Gasteiger partial charge in [0.1, 0.15) is 10.7 Å². The van der Waals surface area contributed by atoms with Crippen molar-refractivity contribution in [1.82, 2.24) is 9.62 Å². The standard InChI is InChI=1S/C10H10N2O7S/c1-5-7(2-6(19-5)10(15)16)20(17,18)12-3-8(13)11-9(14)4-12/h2H,3-4H2,1H3,(H,15,16)(H,11,13,14). The van der Waals surface area contributed by atoms with Gasteiger partial charge in [-0.05, 0) is 6.92 Å². The molecule has 0 radical (unpaired) electrons. The fourth-order valence-corrected chi connectivity index (χ4v) is 3.26. The quantitative estimate of drug-likeness (QED) is 0.679. The van der Waals surface area contributed by atoms with Gasteiger partial charge in [-0.2, -0.15) is 4.31 Å². The highest BCUT2D eigenvalue weighted by molar-refractivity contribution is 7.89. The molecule has 0 spiro atoms. The summed E-state index contributed by atoms with van der Waals surface area (Å²) in [6.45, 7) is 0.257. The Morgan fingerprint density at radius 1 is 1.35 bits per heavy atom. The second kappa shape index (κ2) is 4.72. The molecule has 1 aromatic heterocycles. The van der Waals surface area contributed by atoms with Crippen molar-refractivity contribution in [3.05, 3.63) is 17.6 Å². The molecule has 2 heterocycles. The predicted octanol–water partition coefficient (Wildman–Crippen LogP) is -1.07. The summed E-state index contributed by atoms with van der Waals surface area (Å²) in [5.74, 6) is -3.56. The lowest BCUT2D eigenvalue weighted by atomic mass is 10.4. The maximum atomic E-state index is 12.3. The summed E-state index contributed by atoms with van der Waals surface area (Å²) in [4.78, 5) is 32.8. The zero-order valence-electron chi connectivity index (χ0n) is 10.2. The van der Waals surface area contributed by atoms with Crippen LogP contribution in [0, 0.1) is 6.92 Å². The van der Waals surface area contributed by atoms with Crippen LogP contribution in [0.2, 0.25) is 0 Å². The number of furan rings is 1. The van der Waals surface area contributed by atoms with Crippen molar-refractivity contribution in [1.29, 1.82) is 0 Å². The Kier molecular flexibility index (Phi) is 3.36. The number of carboxylic acids is 1. The molecule has 2 N–H and O–H groups in total. The van der Waals surface area contributed by atoms with Crippen molar-refractivity contribution in [2.45, 2.75) is 11.8 Å². The predicted molar refractivity (Wildman–Crippen MR) is 62.3 cm³/mol. The van der Waals surface area contributed by atoms with E-state index < -0.39 is 46.7 Å². The van der Waals surface area contributed by atoms with Gasteiger partial charge >= 0.3 is 5.97 Å². The third kappa shape index (κ3) is 2.42. The van der Waals surface area contributed by atoms with Crippen LogP contribution in [0.4, 0.5) is 0 Å². The van der Waals surface area contributed by atoms with Gasteiger partial charge in [-0.15, -0.1) is 0 Å². The number of amides is 2. The Hall–Kier alpha value is -2.20. The van der Waals surface area contributed by atoms with Gasteiger partial charge < -0.3 is 9.52 Å². The number of carbonyl (C=O) groups excluding carboxylic acids is 2. The van der Waals surface area contributed by atoms with Gasteiger partial charge in [-0.1, -0.05) is 0 Å². The van der Waals surface area contributed by atoms with E-state index in [9.17, 15) is 22.8 Å². The van der Waals surface area contributed by atoms with Crippen LogP contribution in [-0.2, 0) is 19.6 Å². The maximum Gasteiger partial charge on any atom is 0.371 e.